The third-order valence-electron chi connectivity index (χ3n) is 2.63. The Bertz CT molecular complexity index is 316. The molecule has 14 heavy (non-hydrogen) atoms. The maximum atomic E-state index is 12.0. The van der Waals surface area contributed by atoms with Crippen LogP contribution in [0.15, 0.2) is 24.3 Å². The largest absolute Gasteiger partial charge is 0.306 e. The molecular weight excluding hydrogens is 201 g/mol. The van der Waals surface area contributed by atoms with Gasteiger partial charge in [-0.25, -0.2) is 4.39 Å². The van der Waals surface area contributed by atoms with Crippen LogP contribution < -0.4 is 5.32 Å². The zero-order valence-electron chi connectivity index (χ0n) is 7.84. The van der Waals surface area contributed by atoms with Crippen LogP contribution in [0.1, 0.15) is 17.2 Å². The molecule has 1 aromatic carbocycles. The molecule has 1 aliphatic carbocycles. The van der Waals surface area contributed by atoms with Crippen molar-refractivity contribution in [3.63, 3.8) is 0 Å². The van der Waals surface area contributed by atoms with Gasteiger partial charge in [0.15, 0.2) is 0 Å². The molecule has 2 unspecified atom stereocenters. The fourth-order valence-electron chi connectivity index (χ4n) is 1.99. The van der Waals surface area contributed by atoms with Crippen molar-refractivity contribution in [1.29, 1.82) is 0 Å². The summed E-state index contributed by atoms with van der Waals surface area (Å²) in [5, 5.41) is 3.18. The van der Waals surface area contributed by atoms with E-state index < -0.39 is 0 Å². The summed E-state index contributed by atoms with van der Waals surface area (Å²) in [7, 11) is 0. The molecule has 0 bridgehead atoms. The van der Waals surface area contributed by atoms with Gasteiger partial charge in [-0.1, -0.05) is 24.3 Å². The topological polar surface area (TPSA) is 12.0 Å². The van der Waals surface area contributed by atoms with E-state index >= 15 is 0 Å². The molecule has 3 heteroatoms. The minimum absolute atomic E-state index is 0.0546. The second-order valence-electron chi connectivity index (χ2n) is 3.54. The average molecular weight is 214 g/mol. The van der Waals surface area contributed by atoms with Crippen LogP contribution >= 0.6 is 11.6 Å². The van der Waals surface area contributed by atoms with Gasteiger partial charge in [-0.15, -0.1) is 11.6 Å². The van der Waals surface area contributed by atoms with Gasteiger partial charge in [0.2, 0.25) is 0 Å². The van der Waals surface area contributed by atoms with E-state index in [-0.39, 0.29) is 18.1 Å². The molecule has 2 atom stereocenters. The number of fused-ring (bicyclic) bond motifs is 1. The van der Waals surface area contributed by atoms with E-state index in [1.165, 1.54) is 11.1 Å². The van der Waals surface area contributed by atoms with Gasteiger partial charge in [0.1, 0.15) is 6.67 Å². The molecule has 0 aromatic heterocycles. The molecule has 1 N–H and O–H groups in total. The second-order valence-corrected chi connectivity index (χ2v) is 4.10. The molecule has 1 nitrogen and oxygen atoms in total. The van der Waals surface area contributed by atoms with Gasteiger partial charge in [0.25, 0.3) is 0 Å². The summed E-state index contributed by atoms with van der Waals surface area (Å²) in [6, 6.07) is 8.27. The quantitative estimate of drug-likeness (QED) is 0.761. The smallest absolute Gasteiger partial charge is 0.102 e. The van der Waals surface area contributed by atoms with Crippen molar-refractivity contribution in [3.8, 4) is 0 Å². The summed E-state index contributed by atoms with van der Waals surface area (Å²) in [5.41, 5.74) is 2.50. The van der Waals surface area contributed by atoms with Gasteiger partial charge in [-0.2, -0.15) is 0 Å². The molecule has 76 valence electrons. The zero-order valence-corrected chi connectivity index (χ0v) is 8.60. The number of hydrogen-bond acceptors (Lipinski definition) is 1. The molecule has 2 rings (SSSR count). The van der Waals surface area contributed by atoms with E-state index in [0.29, 0.717) is 6.54 Å². The van der Waals surface area contributed by atoms with E-state index in [1.54, 1.807) is 0 Å². The van der Waals surface area contributed by atoms with Crippen LogP contribution in [-0.2, 0) is 6.42 Å². The third kappa shape index (κ3) is 1.77. The van der Waals surface area contributed by atoms with Gasteiger partial charge in [-0.05, 0) is 17.5 Å². The summed E-state index contributed by atoms with van der Waals surface area (Å²) < 4.78 is 12.0. The molecule has 0 heterocycles. The highest BCUT2D eigenvalue weighted by atomic mass is 35.5. The SMILES string of the molecule is FCCNC1c2ccccc2CC1Cl. The van der Waals surface area contributed by atoms with Crippen molar-refractivity contribution < 1.29 is 4.39 Å². The minimum Gasteiger partial charge on any atom is -0.306 e. The first-order valence-electron chi connectivity index (χ1n) is 4.84. The summed E-state index contributed by atoms with van der Waals surface area (Å²) in [5.74, 6) is 0. The molecule has 0 aliphatic heterocycles. The fourth-order valence-corrected chi connectivity index (χ4v) is 2.39. The van der Waals surface area contributed by atoms with E-state index in [9.17, 15) is 4.39 Å². The lowest BCUT2D eigenvalue weighted by Gasteiger charge is -2.16. The lowest BCUT2D eigenvalue weighted by Crippen LogP contribution is -2.27. The molecule has 1 aromatic rings. The predicted molar refractivity (Wildman–Crippen MR) is 56.5 cm³/mol. The Morgan fingerprint density at radius 2 is 2.21 bits per heavy atom. The first kappa shape index (κ1) is 9.94. The number of alkyl halides is 2. The van der Waals surface area contributed by atoms with Gasteiger partial charge in [0, 0.05) is 12.6 Å². The summed E-state index contributed by atoms with van der Waals surface area (Å²) in [6.45, 7) is 0.0322. The lowest BCUT2D eigenvalue weighted by atomic mass is 10.1. The average Bonchev–Trinajstić information content (AvgIpc) is 2.51. The lowest BCUT2D eigenvalue weighted by molar-refractivity contribution is 0.435. The molecule has 0 radical (unpaired) electrons. The highest BCUT2D eigenvalue weighted by Gasteiger charge is 2.29. The van der Waals surface area contributed by atoms with Crippen LogP contribution in [0.4, 0.5) is 4.39 Å². The Hall–Kier alpha value is -0.600. The monoisotopic (exact) mass is 213 g/mol. The number of benzene rings is 1. The highest BCUT2D eigenvalue weighted by molar-refractivity contribution is 6.21. The maximum absolute atomic E-state index is 12.0. The second kappa shape index (κ2) is 4.28. The number of rotatable bonds is 3. The fraction of sp³-hybridized carbons (Fsp3) is 0.455. The van der Waals surface area contributed by atoms with Crippen molar-refractivity contribution in [2.75, 3.05) is 13.2 Å². The first-order chi connectivity index (χ1) is 6.83. The van der Waals surface area contributed by atoms with E-state index in [0.717, 1.165) is 6.42 Å². The Balaban J connectivity index is 2.17. The number of hydrogen-bond donors (Lipinski definition) is 1. The van der Waals surface area contributed by atoms with Crippen LogP contribution in [0.25, 0.3) is 0 Å². The van der Waals surface area contributed by atoms with Crippen LogP contribution in [-0.4, -0.2) is 18.6 Å². The van der Waals surface area contributed by atoms with Crippen LogP contribution in [0.5, 0.6) is 0 Å². The van der Waals surface area contributed by atoms with Crippen molar-refractivity contribution in [2.24, 2.45) is 0 Å². The van der Waals surface area contributed by atoms with Gasteiger partial charge >= 0.3 is 0 Å². The van der Waals surface area contributed by atoms with Gasteiger partial charge < -0.3 is 5.32 Å². The maximum Gasteiger partial charge on any atom is 0.102 e. The molecule has 1 aliphatic rings. The van der Waals surface area contributed by atoms with Crippen LogP contribution in [0.3, 0.4) is 0 Å². The first-order valence-corrected chi connectivity index (χ1v) is 5.28. The van der Waals surface area contributed by atoms with Gasteiger partial charge in [-0.3, -0.25) is 0 Å². The standard InChI is InChI=1S/C11H13ClFN/c12-10-7-8-3-1-2-4-9(8)11(10)14-6-5-13/h1-4,10-11,14H,5-7H2. The van der Waals surface area contributed by atoms with E-state index in [1.807, 2.05) is 12.1 Å². The molecular formula is C11H13ClFN. The van der Waals surface area contributed by atoms with E-state index in [2.05, 4.69) is 17.4 Å². The molecule has 0 saturated carbocycles. The van der Waals surface area contributed by atoms with Crippen LogP contribution in [0.2, 0.25) is 0 Å². The van der Waals surface area contributed by atoms with Crippen molar-refractivity contribution in [2.45, 2.75) is 17.8 Å². The molecule has 0 spiro atoms. The Labute approximate surface area is 88.3 Å². The highest BCUT2D eigenvalue weighted by Crippen LogP contribution is 2.34. The predicted octanol–water partition coefficient (Wildman–Crippen LogP) is 2.45. The molecule has 0 fully saturated rings. The summed E-state index contributed by atoms with van der Waals surface area (Å²) in [4.78, 5) is 0. The normalized spacial score (nSPS) is 25.0. The number of nitrogens with one attached hydrogen (secondary N) is 1. The molecule has 0 saturated heterocycles. The number of halogens is 2. The van der Waals surface area contributed by atoms with E-state index in [4.69, 9.17) is 11.6 Å². The Kier molecular flexibility index (Phi) is 3.04. The van der Waals surface area contributed by atoms with Crippen molar-refractivity contribution in [3.05, 3.63) is 35.4 Å². The minimum atomic E-state index is -0.345. The zero-order chi connectivity index (χ0) is 9.97. The Morgan fingerprint density at radius 3 is 3.00 bits per heavy atom. The van der Waals surface area contributed by atoms with Crippen molar-refractivity contribution >= 4 is 11.6 Å². The van der Waals surface area contributed by atoms with Gasteiger partial charge in [0.05, 0.1) is 5.38 Å². The van der Waals surface area contributed by atoms with Crippen LogP contribution in [0, 0.1) is 0 Å². The molecule has 0 amide bonds. The third-order valence-corrected chi connectivity index (χ3v) is 3.03. The Morgan fingerprint density at radius 1 is 1.43 bits per heavy atom. The van der Waals surface area contributed by atoms with Crippen molar-refractivity contribution in [1.82, 2.24) is 5.32 Å². The summed E-state index contributed by atoms with van der Waals surface area (Å²) in [6.07, 6.45) is 0.877. The summed E-state index contributed by atoms with van der Waals surface area (Å²) >= 11 is 6.19.